The summed E-state index contributed by atoms with van der Waals surface area (Å²) in [7, 11) is 0. The molecule has 5 unspecified atom stereocenters. The fourth-order valence-corrected chi connectivity index (χ4v) is 5.12. The third kappa shape index (κ3) is 5.39. The summed E-state index contributed by atoms with van der Waals surface area (Å²) in [5.74, 6) is -0.0315. The highest BCUT2D eigenvalue weighted by Crippen LogP contribution is 2.40. The van der Waals surface area contributed by atoms with Crippen LogP contribution < -0.4 is 5.32 Å². The number of rotatable bonds is 9. The molecule has 0 aromatic heterocycles. The molecule has 1 aromatic rings. The molecule has 1 saturated heterocycles. The predicted octanol–water partition coefficient (Wildman–Crippen LogP) is 3.87. The number of carbonyl (C=O) groups is 2. The van der Waals surface area contributed by atoms with Crippen LogP contribution in [0.1, 0.15) is 64.4 Å². The van der Waals surface area contributed by atoms with Crippen molar-refractivity contribution in [3.8, 4) is 0 Å². The quantitative estimate of drug-likeness (QED) is 0.660. The van der Waals surface area contributed by atoms with Crippen molar-refractivity contribution in [3.05, 3.63) is 35.9 Å². The molecule has 160 valence electrons. The lowest BCUT2D eigenvalue weighted by Gasteiger charge is -2.35. The summed E-state index contributed by atoms with van der Waals surface area (Å²) in [6.45, 7) is 4.87. The number of aryl methyl sites for hydroxylation is 1. The average Bonchev–Trinajstić information content (AvgIpc) is 3.14. The highest BCUT2D eigenvalue weighted by molar-refractivity contribution is 5.87. The monoisotopic (exact) mass is 400 g/mol. The van der Waals surface area contributed by atoms with E-state index in [0.29, 0.717) is 18.3 Å². The van der Waals surface area contributed by atoms with Gasteiger partial charge in [0.15, 0.2) is 0 Å². The van der Waals surface area contributed by atoms with Crippen LogP contribution >= 0.6 is 0 Å². The van der Waals surface area contributed by atoms with Crippen LogP contribution in [0.5, 0.6) is 0 Å². The Balaban J connectivity index is 1.55. The minimum absolute atomic E-state index is 0.0373. The van der Waals surface area contributed by atoms with Crippen molar-refractivity contribution >= 4 is 11.9 Å². The van der Waals surface area contributed by atoms with E-state index in [1.54, 1.807) is 4.90 Å². The molecule has 5 heteroatoms. The number of carbonyl (C=O) groups excluding carboxylic acids is 1. The number of aliphatic carboxylic acids is 1. The van der Waals surface area contributed by atoms with Crippen LogP contribution in [0.2, 0.25) is 0 Å². The molecule has 2 N–H and O–H groups in total. The Morgan fingerprint density at radius 1 is 1.21 bits per heavy atom. The second kappa shape index (κ2) is 10.2. The van der Waals surface area contributed by atoms with Gasteiger partial charge in [0.05, 0.1) is 6.04 Å². The molecule has 0 bridgehead atoms. The maximum atomic E-state index is 13.2. The molecule has 1 aliphatic carbocycles. The van der Waals surface area contributed by atoms with Crippen molar-refractivity contribution < 1.29 is 14.7 Å². The van der Waals surface area contributed by atoms with Gasteiger partial charge in [0, 0.05) is 6.04 Å². The van der Waals surface area contributed by atoms with E-state index in [-0.39, 0.29) is 18.0 Å². The lowest BCUT2D eigenvalue weighted by Crippen LogP contribution is -2.53. The lowest BCUT2D eigenvalue weighted by molar-refractivity contribution is -0.150. The molecule has 1 heterocycles. The van der Waals surface area contributed by atoms with Crippen molar-refractivity contribution in [2.24, 2.45) is 11.8 Å². The minimum Gasteiger partial charge on any atom is -0.480 e. The fraction of sp³-hybridized carbons (Fsp3) is 0.667. The molecule has 2 fully saturated rings. The number of carboxylic acids is 1. The first-order valence-electron chi connectivity index (χ1n) is 11.3. The highest BCUT2D eigenvalue weighted by Gasteiger charge is 2.48. The predicted molar refractivity (Wildman–Crippen MR) is 115 cm³/mol. The molecule has 0 radical (unpaired) electrons. The van der Waals surface area contributed by atoms with E-state index in [0.717, 1.165) is 51.5 Å². The molecule has 1 amide bonds. The molecule has 29 heavy (non-hydrogen) atoms. The van der Waals surface area contributed by atoms with Crippen molar-refractivity contribution in [3.63, 3.8) is 0 Å². The van der Waals surface area contributed by atoms with Gasteiger partial charge in [-0.3, -0.25) is 4.79 Å². The normalized spacial score (nSPS) is 26.0. The number of fused-ring (bicyclic) bond motifs is 1. The topological polar surface area (TPSA) is 69.6 Å². The van der Waals surface area contributed by atoms with Crippen molar-refractivity contribution in [1.29, 1.82) is 0 Å². The second-order valence-corrected chi connectivity index (χ2v) is 8.88. The number of nitrogens with zero attached hydrogens (tertiary/aromatic N) is 1. The van der Waals surface area contributed by atoms with E-state index in [9.17, 15) is 14.7 Å². The van der Waals surface area contributed by atoms with Crippen LogP contribution in [-0.4, -0.2) is 46.6 Å². The zero-order valence-electron chi connectivity index (χ0n) is 17.8. The number of benzene rings is 1. The second-order valence-electron chi connectivity index (χ2n) is 8.88. The van der Waals surface area contributed by atoms with Gasteiger partial charge in [-0.05, 0) is 63.0 Å². The van der Waals surface area contributed by atoms with Gasteiger partial charge in [-0.25, -0.2) is 4.79 Å². The van der Waals surface area contributed by atoms with Gasteiger partial charge in [0.1, 0.15) is 6.04 Å². The Kier molecular flexibility index (Phi) is 7.70. The smallest absolute Gasteiger partial charge is 0.326 e. The SMILES string of the molecule is CCC(CCc1ccccc1)CNC(C)C(=O)N1C(C(=O)O)CC2CCCCC21. The van der Waals surface area contributed by atoms with Gasteiger partial charge in [-0.2, -0.15) is 0 Å². The van der Waals surface area contributed by atoms with E-state index in [4.69, 9.17) is 0 Å². The van der Waals surface area contributed by atoms with E-state index in [1.165, 1.54) is 5.56 Å². The van der Waals surface area contributed by atoms with Gasteiger partial charge < -0.3 is 15.3 Å². The molecular formula is C24H36N2O3. The molecule has 1 saturated carbocycles. The van der Waals surface area contributed by atoms with E-state index in [1.807, 2.05) is 13.0 Å². The Morgan fingerprint density at radius 2 is 1.93 bits per heavy atom. The van der Waals surface area contributed by atoms with E-state index < -0.39 is 12.0 Å². The first kappa shape index (κ1) is 21.8. The molecular weight excluding hydrogens is 364 g/mol. The van der Waals surface area contributed by atoms with Gasteiger partial charge >= 0.3 is 5.97 Å². The zero-order chi connectivity index (χ0) is 20.8. The van der Waals surface area contributed by atoms with E-state index in [2.05, 4.69) is 36.5 Å². The Labute approximate surface area is 174 Å². The van der Waals surface area contributed by atoms with Crippen molar-refractivity contribution in [2.75, 3.05) is 6.54 Å². The summed E-state index contributed by atoms with van der Waals surface area (Å²) in [6.07, 6.45) is 8.05. The first-order valence-corrected chi connectivity index (χ1v) is 11.3. The van der Waals surface area contributed by atoms with Gasteiger partial charge in [-0.1, -0.05) is 56.5 Å². The van der Waals surface area contributed by atoms with Crippen LogP contribution in [0.25, 0.3) is 0 Å². The number of nitrogens with one attached hydrogen (secondary N) is 1. The van der Waals surface area contributed by atoms with Crippen LogP contribution in [0, 0.1) is 11.8 Å². The number of carboxylic acid groups (broad SMARTS) is 1. The number of likely N-dealkylation sites (tertiary alicyclic amines) is 1. The molecule has 3 rings (SSSR count). The zero-order valence-corrected chi connectivity index (χ0v) is 17.8. The third-order valence-corrected chi connectivity index (χ3v) is 6.97. The molecule has 5 atom stereocenters. The van der Waals surface area contributed by atoms with Crippen molar-refractivity contribution in [2.45, 2.75) is 83.3 Å². The Bertz CT molecular complexity index is 678. The van der Waals surface area contributed by atoms with E-state index >= 15 is 0 Å². The number of hydrogen-bond donors (Lipinski definition) is 2. The molecule has 5 nitrogen and oxygen atoms in total. The Morgan fingerprint density at radius 3 is 2.62 bits per heavy atom. The molecule has 2 aliphatic rings. The third-order valence-electron chi connectivity index (χ3n) is 6.97. The van der Waals surface area contributed by atoms with Crippen LogP contribution in [0.15, 0.2) is 30.3 Å². The maximum Gasteiger partial charge on any atom is 0.326 e. The summed E-state index contributed by atoms with van der Waals surface area (Å²) >= 11 is 0. The molecule has 1 aromatic carbocycles. The van der Waals surface area contributed by atoms with Gasteiger partial charge in [0.2, 0.25) is 5.91 Å². The summed E-state index contributed by atoms with van der Waals surface area (Å²) in [4.78, 5) is 26.7. The van der Waals surface area contributed by atoms with Crippen LogP contribution in [-0.2, 0) is 16.0 Å². The van der Waals surface area contributed by atoms with Gasteiger partial charge in [0.25, 0.3) is 0 Å². The van der Waals surface area contributed by atoms with Gasteiger partial charge in [-0.15, -0.1) is 0 Å². The number of amides is 1. The molecule has 1 aliphatic heterocycles. The first-order chi connectivity index (χ1) is 14.0. The lowest BCUT2D eigenvalue weighted by atomic mass is 9.84. The maximum absolute atomic E-state index is 13.2. The largest absolute Gasteiger partial charge is 0.480 e. The van der Waals surface area contributed by atoms with Crippen molar-refractivity contribution in [1.82, 2.24) is 10.2 Å². The number of hydrogen-bond acceptors (Lipinski definition) is 3. The summed E-state index contributed by atoms with van der Waals surface area (Å²) in [6, 6.07) is 9.61. The summed E-state index contributed by atoms with van der Waals surface area (Å²) in [5.41, 5.74) is 1.35. The fourth-order valence-electron chi connectivity index (χ4n) is 5.12. The summed E-state index contributed by atoms with van der Waals surface area (Å²) in [5, 5.41) is 13.1. The average molecular weight is 401 g/mol. The summed E-state index contributed by atoms with van der Waals surface area (Å²) < 4.78 is 0. The Hall–Kier alpha value is -1.88. The van der Waals surface area contributed by atoms with Crippen LogP contribution in [0.3, 0.4) is 0 Å². The molecule has 0 spiro atoms. The van der Waals surface area contributed by atoms with Crippen LogP contribution in [0.4, 0.5) is 0 Å². The highest BCUT2D eigenvalue weighted by atomic mass is 16.4. The standard InChI is InChI=1S/C24H36N2O3/c1-3-18(13-14-19-9-5-4-6-10-19)16-25-17(2)23(27)26-21-12-8-7-11-20(21)15-22(26)24(28)29/h4-6,9-10,17-18,20-22,25H,3,7-8,11-16H2,1-2H3,(H,28,29). The minimum atomic E-state index is -0.853.